The summed E-state index contributed by atoms with van der Waals surface area (Å²) >= 11 is 0. The zero-order valence-corrected chi connectivity index (χ0v) is 8.01. The number of hydrogen-bond acceptors (Lipinski definition) is 3. The van der Waals surface area contributed by atoms with Gasteiger partial charge in [0.15, 0.2) is 0 Å². The minimum Gasteiger partial charge on any atom is -0.449 e. The Morgan fingerprint density at radius 1 is 1.46 bits per heavy atom. The molecule has 0 aromatic heterocycles. The van der Waals surface area contributed by atoms with E-state index in [1.165, 1.54) is 0 Å². The molecule has 2 rings (SSSR count). The Bertz CT molecular complexity index is 212. The Hall–Kier alpha value is -0.770. The Labute approximate surface area is 78.2 Å². The first-order valence-corrected chi connectivity index (χ1v) is 4.81. The van der Waals surface area contributed by atoms with Gasteiger partial charge in [-0.1, -0.05) is 0 Å². The summed E-state index contributed by atoms with van der Waals surface area (Å²) in [5, 5.41) is 3.32. The van der Waals surface area contributed by atoms with Crippen LogP contribution in [-0.4, -0.2) is 44.3 Å². The monoisotopic (exact) mass is 184 g/mol. The molecule has 2 aliphatic heterocycles. The average Bonchev–Trinajstić information content (AvgIpc) is 2.14. The number of rotatable bonds is 0. The van der Waals surface area contributed by atoms with E-state index in [-0.39, 0.29) is 11.5 Å². The van der Waals surface area contributed by atoms with Crippen LogP contribution in [0.3, 0.4) is 0 Å². The summed E-state index contributed by atoms with van der Waals surface area (Å²) in [6, 6.07) is 0. The van der Waals surface area contributed by atoms with E-state index >= 15 is 0 Å². The lowest BCUT2D eigenvalue weighted by molar-refractivity contribution is -0.0138. The van der Waals surface area contributed by atoms with Crippen molar-refractivity contribution in [3.8, 4) is 0 Å². The van der Waals surface area contributed by atoms with Crippen LogP contribution in [0.1, 0.15) is 12.8 Å². The minimum absolute atomic E-state index is 0.177. The molecule has 1 amide bonds. The van der Waals surface area contributed by atoms with Crippen molar-refractivity contribution in [1.29, 1.82) is 0 Å². The van der Waals surface area contributed by atoms with Gasteiger partial charge in [0.2, 0.25) is 0 Å². The van der Waals surface area contributed by atoms with Gasteiger partial charge >= 0.3 is 6.09 Å². The third-order valence-corrected chi connectivity index (χ3v) is 3.05. The van der Waals surface area contributed by atoms with Gasteiger partial charge in [0.25, 0.3) is 0 Å². The van der Waals surface area contributed by atoms with Gasteiger partial charge in [0.1, 0.15) is 6.61 Å². The Balaban J connectivity index is 2.02. The van der Waals surface area contributed by atoms with Gasteiger partial charge in [-0.25, -0.2) is 4.79 Å². The third-order valence-electron chi connectivity index (χ3n) is 3.05. The molecule has 0 unspecified atom stereocenters. The van der Waals surface area contributed by atoms with Crippen LogP contribution >= 0.6 is 0 Å². The fourth-order valence-corrected chi connectivity index (χ4v) is 2.20. The quantitative estimate of drug-likeness (QED) is 0.594. The minimum atomic E-state index is -0.177. The van der Waals surface area contributed by atoms with Crippen molar-refractivity contribution in [3.63, 3.8) is 0 Å². The first-order chi connectivity index (χ1) is 6.22. The van der Waals surface area contributed by atoms with Crippen molar-refractivity contribution in [1.82, 2.24) is 10.2 Å². The molecule has 0 aliphatic carbocycles. The molecule has 13 heavy (non-hydrogen) atoms. The second-order valence-electron chi connectivity index (χ2n) is 4.16. The molecule has 0 atom stereocenters. The highest BCUT2D eigenvalue weighted by molar-refractivity contribution is 5.68. The van der Waals surface area contributed by atoms with Gasteiger partial charge in [-0.2, -0.15) is 0 Å². The predicted molar refractivity (Wildman–Crippen MR) is 48.5 cm³/mol. The van der Waals surface area contributed by atoms with Crippen molar-refractivity contribution in [2.75, 3.05) is 33.3 Å². The Kier molecular flexibility index (Phi) is 2.15. The number of ether oxygens (including phenoxy) is 1. The summed E-state index contributed by atoms with van der Waals surface area (Å²) in [5.74, 6) is 0. The van der Waals surface area contributed by atoms with Crippen molar-refractivity contribution >= 4 is 6.09 Å². The van der Waals surface area contributed by atoms with Crippen molar-refractivity contribution in [3.05, 3.63) is 0 Å². The van der Waals surface area contributed by atoms with Crippen LogP contribution in [0.2, 0.25) is 0 Å². The topological polar surface area (TPSA) is 41.6 Å². The summed E-state index contributed by atoms with van der Waals surface area (Å²) in [5.41, 5.74) is 0.230. The van der Waals surface area contributed by atoms with Gasteiger partial charge in [-0.15, -0.1) is 0 Å². The number of nitrogens with one attached hydrogen (secondary N) is 1. The smallest absolute Gasteiger partial charge is 0.409 e. The van der Waals surface area contributed by atoms with Crippen LogP contribution < -0.4 is 5.32 Å². The van der Waals surface area contributed by atoms with Crippen molar-refractivity contribution in [2.45, 2.75) is 12.8 Å². The zero-order chi connectivity index (χ0) is 9.31. The summed E-state index contributed by atoms with van der Waals surface area (Å²) in [7, 11) is 1.81. The van der Waals surface area contributed by atoms with Gasteiger partial charge in [-0.3, -0.25) is 0 Å². The van der Waals surface area contributed by atoms with Gasteiger partial charge < -0.3 is 15.0 Å². The normalized spacial score (nSPS) is 27.5. The second kappa shape index (κ2) is 3.18. The maximum Gasteiger partial charge on any atom is 0.409 e. The fourth-order valence-electron chi connectivity index (χ4n) is 2.20. The van der Waals surface area contributed by atoms with E-state index in [4.69, 9.17) is 4.74 Å². The molecule has 2 heterocycles. The summed E-state index contributed by atoms with van der Waals surface area (Å²) in [6.07, 6.45) is 2.05. The molecular weight excluding hydrogens is 168 g/mol. The fraction of sp³-hybridized carbons (Fsp3) is 0.889. The molecule has 0 aromatic carbocycles. The molecule has 74 valence electrons. The van der Waals surface area contributed by atoms with E-state index in [2.05, 4.69) is 5.32 Å². The number of hydrogen-bond donors (Lipinski definition) is 1. The predicted octanol–water partition coefficient (Wildman–Crippen LogP) is 0.438. The van der Waals surface area contributed by atoms with Crippen LogP contribution in [0.25, 0.3) is 0 Å². The maximum absolute atomic E-state index is 11.1. The first-order valence-electron chi connectivity index (χ1n) is 4.81. The molecule has 2 aliphatic rings. The highest BCUT2D eigenvalue weighted by Gasteiger charge is 2.39. The largest absolute Gasteiger partial charge is 0.449 e. The standard InChI is InChI=1S/C9H16N2O2/c1-11-6-9(7-13-8(11)12)2-4-10-5-3-9/h10H,2-7H2,1H3. The van der Waals surface area contributed by atoms with E-state index in [1.807, 2.05) is 7.05 Å². The highest BCUT2D eigenvalue weighted by Crippen LogP contribution is 2.32. The van der Waals surface area contributed by atoms with Gasteiger partial charge in [0, 0.05) is 19.0 Å². The Morgan fingerprint density at radius 3 is 2.77 bits per heavy atom. The van der Waals surface area contributed by atoms with Crippen LogP contribution in [0.5, 0.6) is 0 Å². The lowest BCUT2D eigenvalue weighted by Gasteiger charge is -2.43. The van der Waals surface area contributed by atoms with Gasteiger partial charge in [0.05, 0.1) is 0 Å². The maximum atomic E-state index is 11.1. The average molecular weight is 184 g/mol. The summed E-state index contributed by atoms with van der Waals surface area (Å²) < 4.78 is 5.14. The van der Waals surface area contributed by atoms with E-state index in [0.717, 1.165) is 32.5 Å². The van der Waals surface area contributed by atoms with E-state index in [1.54, 1.807) is 4.90 Å². The summed E-state index contributed by atoms with van der Waals surface area (Å²) in [6.45, 7) is 3.56. The lowest BCUT2D eigenvalue weighted by atomic mass is 9.79. The molecule has 0 radical (unpaired) electrons. The molecule has 1 N–H and O–H groups in total. The highest BCUT2D eigenvalue weighted by atomic mass is 16.6. The van der Waals surface area contributed by atoms with Crippen LogP contribution in [0.4, 0.5) is 4.79 Å². The second-order valence-corrected chi connectivity index (χ2v) is 4.16. The molecule has 0 saturated carbocycles. The number of carbonyl (C=O) groups is 1. The third kappa shape index (κ3) is 1.63. The van der Waals surface area contributed by atoms with Crippen molar-refractivity contribution in [2.24, 2.45) is 5.41 Å². The van der Waals surface area contributed by atoms with Crippen LogP contribution in [-0.2, 0) is 4.74 Å². The van der Waals surface area contributed by atoms with Crippen molar-refractivity contribution < 1.29 is 9.53 Å². The molecule has 2 saturated heterocycles. The number of nitrogens with zero attached hydrogens (tertiary/aromatic N) is 1. The Morgan fingerprint density at radius 2 is 2.15 bits per heavy atom. The molecule has 1 spiro atoms. The summed E-state index contributed by atoms with van der Waals surface area (Å²) in [4.78, 5) is 12.8. The molecular formula is C9H16N2O2. The number of amides is 1. The number of cyclic esters (lactones) is 1. The van der Waals surface area contributed by atoms with Crippen LogP contribution in [0, 0.1) is 5.41 Å². The van der Waals surface area contributed by atoms with Gasteiger partial charge in [-0.05, 0) is 25.9 Å². The van der Waals surface area contributed by atoms with E-state index in [0.29, 0.717) is 6.61 Å². The molecule has 4 heteroatoms. The molecule has 4 nitrogen and oxygen atoms in total. The molecule has 0 aromatic rings. The lowest BCUT2D eigenvalue weighted by Crippen LogP contribution is -2.52. The molecule has 0 bridgehead atoms. The van der Waals surface area contributed by atoms with Crippen LogP contribution in [0.15, 0.2) is 0 Å². The van der Waals surface area contributed by atoms with E-state index < -0.39 is 0 Å². The zero-order valence-electron chi connectivity index (χ0n) is 8.01. The number of piperidine rings is 1. The number of carbonyl (C=O) groups excluding carboxylic acids is 1. The molecule has 2 fully saturated rings. The first kappa shape index (κ1) is 8.81. The van der Waals surface area contributed by atoms with E-state index in [9.17, 15) is 4.79 Å². The SMILES string of the molecule is CN1CC2(CCNCC2)COC1=O.